The summed E-state index contributed by atoms with van der Waals surface area (Å²) in [5.41, 5.74) is 0.799. The number of hydrogen-bond donors (Lipinski definition) is 1. The lowest BCUT2D eigenvalue weighted by molar-refractivity contribution is 0.290. The van der Waals surface area contributed by atoms with Crippen LogP contribution in [0.1, 0.15) is 23.7 Å². The van der Waals surface area contributed by atoms with Crippen LogP contribution in [0, 0.1) is 24.1 Å². The molecule has 30 heavy (non-hydrogen) atoms. The summed E-state index contributed by atoms with van der Waals surface area (Å²) in [5, 5.41) is 12.6. The van der Waals surface area contributed by atoms with Crippen molar-refractivity contribution in [3.63, 3.8) is 0 Å². The maximum Gasteiger partial charge on any atom is 0.352 e. The van der Waals surface area contributed by atoms with Gasteiger partial charge in [0.25, 0.3) is 0 Å². The molecule has 4 rings (SSSR count). The van der Waals surface area contributed by atoms with E-state index in [0.29, 0.717) is 23.7 Å². The molecule has 8 nitrogen and oxygen atoms in total. The van der Waals surface area contributed by atoms with Gasteiger partial charge in [0.15, 0.2) is 11.6 Å². The minimum Gasteiger partial charge on any atom is -0.473 e. The average molecular weight is 407 g/mol. The van der Waals surface area contributed by atoms with Crippen molar-refractivity contribution in [2.75, 3.05) is 5.32 Å². The summed E-state index contributed by atoms with van der Waals surface area (Å²) in [4.78, 5) is 20.1. The summed E-state index contributed by atoms with van der Waals surface area (Å²) in [6.45, 7) is 4.25. The summed E-state index contributed by atoms with van der Waals surface area (Å²) in [7, 11) is 0. The number of nitrogens with one attached hydrogen (secondary N) is 1. The van der Waals surface area contributed by atoms with Crippen molar-refractivity contribution in [1.29, 1.82) is 5.26 Å². The van der Waals surface area contributed by atoms with Gasteiger partial charge in [0, 0.05) is 24.3 Å². The second kappa shape index (κ2) is 7.83. The van der Waals surface area contributed by atoms with Gasteiger partial charge in [-0.15, -0.1) is 0 Å². The second-order valence-corrected chi connectivity index (χ2v) is 7.01. The van der Waals surface area contributed by atoms with E-state index >= 15 is 0 Å². The Bertz CT molecular complexity index is 1200. The molecule has 1 aliphatic heterocycles. The minimum absolute atomic E-state index is 0.0200. The molecular weight excluding hydrogens is 389 g/mol. The minimum atomic E-state index is -0.703. The molecule has 1 atom stereocenters. The van der Waals surface area contributed by atoms with Crippen LogP contribution in [0.25, 0.3) is 0 Å². The van der Waals surface area contributed by atoms with E-state index in [2.05, 4.69) is 15.3 Å². The summed E-state index contributed by atoms with van der Waals surface area (Å²) in [6, 6.07) is 9.74. The monoisotopic (exact) mass is 407 g/mol. The van der Waals surface area contributed by atoms with Crippen LogP contribution in [-0.2, 0) is 13.2 Å². The quantitative estimate of drug-likeness (QED) is 0.693. The van der Waals surface area contributed by atoms with Gasteiger partial charge in [0.1, 0.15) is 24.2 Å². The second-order valence-electron chi connectivity index (χ2n) is 7.01. The Morgan fingerprint density at radius 3 is 2.93 bits per heavy atom. The summed E-state index contributed by atoms with van der Waals surface area (Å²) >= 11 is 0. The SMILES string of the molecule is Cc1ccc(Oc2c(F)cc(COc3cc4n(c(=O)n3)C[C@H](C)N4)cc2C#N)cn1. The Morgan fingerprint density at radius 2 is 2.20 bits per heavy atom. The first-order chi connectivity index (χ1) is 14.4. The van der Waals surface area contributed by atoms with Crippen LogP contribution in [0.2, 0.25) is 0 Å². The lowest BCUT2D eigenvalue weighted by atomic mass is 10.1. The fraction of sp³-hybridized carbons (Fsp3) is 0.238. The molecule has 0 amide bonds. The standard InChI is InChI=1S/C21H18FN5O3/c1-12-3-4-16(9-24-12)30-20-15(8-23)5-14(6-17(20)22)11-29-19-7-18-25-13(2)10-27(18)21(28)26-19/h3-7,9,13,25H,10-11H2,1-2H3/t13-/m0/s1. The molecule has 1 aliphatic rings. The van der Waals surface area contributed by atoms with E-state index in [-0.39, 0.29) is 29.8 Å². The number of aryl methyl sites for hydroxylation is 1. The number of hydrogen-bond acceptors (Lipinski definition) is 7. The number of nitriles is 1. The van der Waals surface area contributed by atoms with Crippen LogP contribution in [0.5, 0.6) is 17.4 Å². The molecule has 3 heterocycles. The molecule has 0 spiro atoms. The Balaban J connectivity index is 1.53. The molecule has 0 bridgehead atoms. The highest BCUT2D eigenvalue weighted by atomic mass is 19.1. The largest absolute Gasteiger partial charge is 0.473 e. The van der Waals surface area contributed by atoms with Crippen LogP contribution < -0.4 is 20.5 Å². The highest BCUT2D eigenvalue weighted by molar-refractivity contribution is 5.48. The average Bonchev–Trinajstić information content (AvgIpc) is 3.10. The number of fused-ring (bicyclic) bond motifs is 1. The Hall–Kier alpha value is -3.93. The van der Waals surface area contributed by atoms with Crippen molar-refractivity contribution in [2.24, 2.45) is 0 Å². The summed E-state index contributed by atoms with van der Waals surface area (Å²) < 4.78 is 27.3. The third kappa shape index (κ3) is 3.93. The number of rotatable bonds is 5. The van der Waals surface area contributed by atoms with Gasteiger partial charge in [-0.05, 0) is 43.7 Å². The van der Waals surface area contributed by atoms with Crippen molar-refractivity contribution >= 4 is 5.82 Å². The highest BCUT2D eigenvalue weighted by Crippen LogP contribution is 2.29. The van der Waals surface area contributed by atoms with E-state index in [1.165, 1.54) is 22.9 Å². The van der Waals surface area contributed by atoms with Crippen LogP contribution >= 0.6 is 0 Å². The van der Waals surface area contributed by atoms with Crippen LogP contribution in [0.4, 0.5) is 10.2 Å². The molecule has 0 radical (unpaired) electrons. The number of pyridine rings is 1. The van der Waals surface area contributed by atoms with Crippen molar-refractivity contribution in [3.8, 4) is 23.4 Å². The van der Waals surface area contributed by atoms with Crippen LogP contribution in [0.3, 0.4) is 0 Å². The van der Waals surface area contributed by atoms with Gasteiger partial charge in [-0.3, -0.25) is 9.55 Å². The number of ether oxygens (including phenoxy) is 2. The van der Waals surface area contributed by atoms with Gasteiger partial charge < -0.3 is 14.8 Å². The summed E-state index contributed by atoms with van der Waals surface area (Å²) in [5.74, 6) is 0.184. The van der Waals surface area contributed by atoms with Gasteiger partial charge in [-0.1, -0.05) is 0 Å². The third-order valence-electron chi connectivity index (χ3n) is 4.55. The van der Waals surface area contributed by atoms with Gasteiger partial charge >= 0.3 is 5.69 Å². The molecule has 1 aromatic carbocycles. The highest BCUT2D eigenvalue weighted by Gasteiger charge is 2.20. The fourth-order valence-electron chi connectivity index (χ4n) is 3.14. The van der Waals surface area contributed by atoms with Crippen molar-refractivity contribution in [2.45, 2.75) is 33.0 Å². The lowest BCUT2D eigenvalue weighted by Gasteiger charge is -2.11. The third-order valence-corrected chi connectivity index (χ3v) is 4.55. The van der Waals surface area contributed by atoms with Crippen LogP contribution in [0.15, 0.2) is 41.3 Å². The zero-order valence-corrected chi connectivity index (χ0v) is 16.3. The molecule has 0 saturated heterocycles. The van der Waals surface area contributed by atoms with E-state index in [9.17, 15) is 14.4 Å². The van der Waals surface area contributed by atoms with Crippen molar-refractivity contribution in [3.05, 3.63) is 69.7 Å². The van der Waals surface area contributed by atoms with Crippen molar-refractivity contribution in [1.82, 2.24) is 14.5 Å². The predicted molar refractivity (Wildman–Crippen MR) is 106 cm³/mol. The lowest BCUT2D eigenvalue weighted by Crippen LogP contribution is -2.22. The Morgan fingerprint density at radius 1 is 1.37 bits per heavy atom. The maximum absolute atomic E-state index is 14.6. The van der Waals surface area contributed by atoms with Crippen LogP contribution in [-0.4, -0.2) is 20.6 Å². The molecular formula is C21H18FN5O3. The number of aromatic nitrogens is 3. The van der Waals surface area contributed by atoms with E-state index in [1.807, 2.05) is 19.9 Å². The van der Waals surface area contributed by atoms with Crippen molar-refractivity contribution < 1.29 is 13.9 Å². The smallest absolute Gasteiger partial charge is 0.352 e. The number of anilines is 1. The van der Waals surface area contributed by atoms with E-state index < -0.39 is 11.5 Å². The maximum atomic E-state index is 14.6. The predicted octanol–water partition coefficient (Wildman–Crippen LogP) is 3.14. The Kier molecular flexibility index (Phi) is 5.06. The molecule has 2 aromatic heterocycles. The van der Waals surface area contributed by atoms with Gasteiger partial charge in [-0.25, -0.2) is 9.18 Å². The normalized spacial score (nSPS) is 14.5. The molecule has 0 fully saturated rings. The Labute approximate surface area is 171 Å². The molecule has 152 valence electrons. The molecule has 0 saturated carbocycles. The molecule has 3 aromatic rings. The topological polar surface area (TPSA) is 102 Å². The summed E-state index contributed by atoms with van der Waals surface area (Å²) in [6.07, 6.45) is 1.46. The number of benzene rings is 1. The van der Waals surface area contributed by atoms with Gasteiger partial charge in [0.05, 0.1) is 11.8 Å². The number of nitrogens with zero attached hydrogens (tertiary/aromatic N) is 4. The molecule has 0 aliphatic carbocycles. The fourth-order valence-corrected chi connectivity index (χ4v) is 3.14. The van der Waals surface area contributed by atoms with Gasteiger partial charge in [0.2, 0.25) is 5.88 Å². The first-order valence-electron chi connectivity index (χ1n) is 9.27. The first-order valence-corrected chi connectivity index (χ1v) is 9.27. The first kappa shape index (κ1) is 19.4. The zero-order valence-electron chi connectivity index (χ0n) is 16.3. The van der Waals surface area contributed by atoms with E-state index in [4.69, 9.17) is 9.47 Å². The molecule has 9 heteroatoms. The van der Waals surface area contributed by atoms with E-state index in [0.717, 1.165) is 5.69 Å². The zero-order chi connectivity index (χ0) is 21.3. The van der Waals surface area contributed by atoms with Gasteiger partial charge in [-0.2, -0.15) is 10.2 Å². The number of halogens is 1. The molecule has 0 unspecified atom stereocenters. The van der Waals surface area contributed by atoms with E-state index in [1.54, 1.807) is 18.2 Å². The molecule has 1 N–H and O–H groups in total.